The van der Waals surface area contributed by atoms with E-state index in [1.165, 1.54) is 29.3 Å². The number of halogens is 1. The highest BCUT2D eigenvalue weighted by Gasteiger charge is 2.24. The molecule has 1 aliphatic carbocycles. The van der Waals surface area contributed by atoms with E-state index in [2.05, 4.69) is 43.5 Å². The molecule has 112 valence electrons. The molecule has 0 atom stereocenters. The van der Waals surface area contributed by atoms with Crippen molar-refractivity contribution >= 4 is 27.5 Å². The third kappa shape index (κ3) is 2.39. The Bertz CT molecular complexity index is 881. The molecular formula is C14H12BrN5O2. The molecule has 0 bridgehead atoms. The predicted molar refractivity (Wildman–Crippen MR) is 81.0 cm³/mol. The number of pyridine rings is 1. The van der Waals surface area contributed by atoms with Gasteiger partial charge in [0.1, 0.15) is 0 Å². The number of carboxylic acids is 1. The largest absolute Gasteiger partial charge is 0.476 e. The van der Waals surface area contributed by atoms with Crippen LogP contribution in [-0.4, -0.2) is 35.5 Å². The average Bonchev–Trinajstić information content (AvgIpc) is 3.08. The fraction of sp³-hybridized carbons (Fsp3) is 0.286. The van der Waals surface area contributed by atoms with Crippen LogP contribution in [-0.2, 0) is 6.54 Å². The van der Waals surface area contributed by atoms with Crippen LogP contribution in [0, 0.1) is 0 Å². The Morgan fingerprint density at radius 3 is 2.86 bits per heavy atom. The van der Waals surface area contributed by atoms with Crippen LogP contribution in [0.1, 0.15) is 40.5 Å². The summed E-state index contributed by atoms with van der Waals surface area (Å²) in [6, 6.07) is 2.13. The van der Waals surface area contributed by atoms with Gasteiger partial charge in [-0.15, -0.1) is 5.10 Å². The van der Waals surface area contributed by atoms with Crippen molar-refractivity contribution < 1.29 is 9.90 Å². The quantitative estimate of drug-likeness (QED) is 0.770. The van der Waals surface area contributed by atoms with E-state index in [-0.39, 0.29) is 5.69 Å². The van der Waals surface area contributed by atoms with Gasteiger partial charge in [-0.25, -0.2) is 14.5 Å². The van der Waals surface area contributed by atoms with E-state index in [0.717, 1.165) is 15.8 Å². The number of fused-ring (bicyclic) bond motifs is 1. The molecule has 7 nitrogen and oxygen atoms in total. The zero-order chi connectivity index (χ0) is 15.3. The van der Waals surface area contributed by atoms with E-state index in [0.29, 0.717) is 12.5 Å². The van der Waals surface area contributed by atoms with E-state index >= 15 is 0 Å². The van der Waals surface area contributed by atoms with Crippen molar-refractivity contribution in [2.45, 2.75) is 25.3 Å². The molecule has 1 aliphatic rings. The summed E-state index contributed by atoms with van der Waals surface area (Å²) >= 11 is 3.57. The van der Waals surface area contributed by atoms with Gasteiger partial charge in [-0.2, -0.15) is 0 Å². The van der Waals surface area contributed by atoms with Crippen LogP contribution in [0.3, 0.4) is 0 Å². The number of aromatic carboxylic acids is 1. The molecule has 1 N–H and O–H groups in total. The molecule has 22 heavy (non-hydrogen) atoms. The van der Waals surface area contributed by atoms with Crippen LogP contribution in [0.2, 0.25) is 0 Å². The highest BCUT2D eigenvalue weighted by molar-refractivity contribution is 9.10. The standard InChI is InChI=1S/C14H12BrN5O2/c15-11-3-9(8-1-2-8)4-19-5-10(16-13(11)19)6-20-7-12(14(21)22)17-18-20/h3-5,7-8H,1-2,6H2,(H,21,22). The van der Waals surface area contributed by atoms with E-state index < -0.39 is 5.97 Å². The van der Waals surface area contributed by atoms with Gasteiger partial charge in [-0.05, 0) is 46.3 Å². The zero-order valence-corrected chi connectivity index (χ0v) is 13.1. The first-order valence-corrected chi connectivity index (χ1v) is 7.70. The molecule has 3 aromatic heterocycles. The predicted octanol–water partition coefficient (Wildman–Crippen LogP) is 2.31. The van der Waals surface area contributed by atoms with E-state index in [9.17, 15) is 4.79 Å². The second-order valence-corrected chi connectivity index (χ2v) is 6.32. The van der Waals surface area contributed by atoms with Crippen LogP contribution in [0.4, 0.5) is 0 Å². The normalized spacial score (nSPS) is 14.6. The lowest BCUT2D eigenvalue weighted by Crippen LogP contribution is -2.00. The van der Waals surface area contributed by atoms with Gasteiger partial charge in [0.25, 0.3) is 0 Å². The van der Waals surface area contributed by atoms with Gasteiger partial charge in [0.05, 0.1) is 22.9 Å². The van der Waals surface area contributed by atoms with Gasteiger partial charge in [0.15, 0.2) is 11.3 Å². The molecule has 3 aromatic rings. The van der Waals surface area contributed by atoms with Gasteiger partial charge >= 0.3 is 5.97 Å². The smallest absolute Gasteiger partial charge is 0.358 e. The fourth-order valence-corrected chi connectivity index (χ4v) is 3.04. The Hall–Kier alpha value is -2.22. The first-order valence-electron chi connectivity index (χ1n) is 6.90. The van der Waals surface area contributed by atoms with Crippen LogP contribution >= 0.6 is 15.9 Å². The van der Waals surface area contributed by atoms with Gasteiger partial charge < -0.3 is 9.51 Å². The Kier molecular flexibility index (Phi) is 3.00. The average molecular weight is 362 g/mol. The van der Waals surface area contributed by atoms with Crippen molar-refractivity contribution in [1.29, 1.82) is 0 Å². The third-order valence-corrected chi connectivity index (χ3v) is 4.29. The van der Waals surface area contributed by atoms with Crippen molar-refractivity contribution in [3.8, 4) is 0 Å². The fourth-order valence-electron chi connectivity index (χ4n) is 2.48. The van der Waals surface area contributed by atoms with Gasteiger partial charge in [-0.3, -0.25) is 0 Å². The summed E-state index contributed by atoms with van der Waals surface area (Å²) in [4.78, 5) is 15.4. The number of nitrogens with zero attached hydrogens (tertiary/aromatic N) is 5. The molecule has 0 saturated heterocycles. The van der Waals surface area contributed by atoms with Crippen LogP contribution in [0.5, 0.6) is 0 Å². The lowest BCUT2D eigenvalue weighted by Gasteiger charge is -2.01. The van der Waals surface area contributed by atoms with Crippen molar-refractivity contribution in [2.24, 2.45) is 0 Å². The van der Waals surface area contributed by atoms with E-state index in [1.807, 2.05) is 10.6 Å². The van der Waals surface area contributed by atoms with Crippen molar-refractivity contribution in [3.05, 3.63) is 46.1 Å². The maximum absolute atomic E-state index is 10.8. The minimum atomic E-state index is -1.09. The second kappa shape index (κ2) is 4.91. The number of aromatic nitrogens is 5. The minimum absolute atomic E-state index is 0.0686. The number of rotatable bonds is 4. The van der Waals surface area contributed by atoms with E-state index in [1.54, 1.807) is 0 Å². The summed E-state index contributed by atoms with van der Waals surface area (Å²) in [6.07, 6.45) is 7.94. The molecule has 1 saturated carbocycles. The molecule has 0 radical (unpaired) electrons. The highest BCUT2D eigenvalue weighted by Crippen LogP contribution is 2.41. The summed E-state index contributed by atoms with van der Waals surface area (Å²) in [5.41, 5.74) is 2.90. The topological polar surface area (TPSA) is 85.3 Å². The summed E-state index contributed by atoms with van der Waals surface area (Å²) in [7, 11) is 0. The molecular weight excluding hydrogens is 350 g/mol. The van der Waals surface area contributed by atoms with Crippen LogP contribution < -0.4 is 0 Å². The Morgan fingerprint density at radius 1 is 1.36 bits per heavy atom. The lowest BCUT2D eigenvalue weighted by molar-refractivity contribution is 0.0690. The van der Waals surface area contributed by atoms with Crippen molar-refractivity contribution in [3.63, 3.8) is 0 Å². The van der Waals surface area contributed by atoms with Crippen molar-refractivity contribution in [2.75, 3.05) is 0 Å². The minimum Gasteiger partial charge on any atom is -0.476 e. The van der Waals surface area contributed by atoms with Gasteiger partial charge in [-0.1, -0.05) is 5.21 Å². The van der Waals surface area contributed by atoms with Crippen LogP contribution in [0.25, 0.3) is 5.65 Å². The highest BCUT2D eigenvalue weighted by atomic mass is 79.9. The number of hydrogen-bond donors (Lipinski definition) is 1. The molecule has 1 fully saturated rings. The first kappa shape index (κ1) is 13.4. The Labute approximate surface area is 133 Å². The molecule has 4 rings (SSSR count). The third-order valence-electron chi connectivity index (χ3n) is 3.71. The van der Waals surface area contributed by atoms with E-state index in [4.69, 9.17) is 5.11 Å². The summed E-state index contributed by atoms with van der Waals surface area (Å²) in [5.74, 6) is -0.418. The Balaban J connectivity index is 1.66. The van der Waals surface area contributed by atoms with Gasteiger partial charge in [0, 0.05) is 12.4 Å². The molecule has 0 aliphatic heterocycles. The summed E-state index contributed by atoms with van der Waals surface area (Å²) in [6.45, 7) is 0.382. The molecule has 0 aromatic carbocycles. The summed E-state index contributed by atoms with van der Waals surface area (Å²) in [5, 5.41) is 16.3. The molecule has 0 amide bonds. The number of imidazole rings is 1. The molecule has 8 heteroatoms. The SMILES string of the molecule is O=C(O)c1cn(Cc2cn3cc(C4CC4)cc(Br)c3n2)nn1. The second-order valence-electron chi connectivity index (χ2n) is 5.47. The van der Waals surface area contributed by atoms with Crippen LogP contribution in [0.15, 0.2) is 29.1 Å². The Morgan fingerprint density at radius 2 is 2.18 bits per heavy atom. The first-order chi connectivity index (χ1) is 10.6. The maximum atomic E-state index is 10.8. The zero-order valence-electron chi connectivity index (χ0n) is 11.5. The maximum Gasteiger partial charge on any atom is 0.358 e. The molecule has 3 heterocycles. The van der Waals surface area contributed by atoms with Crippen molar-refractivity contribution in [1.82, 2.24) is 24.4 Å². The number of carbonyl (C=O) groups is 1. The molecule has 0 spiro atoms. The molecule has 0 unspecified atom stereocenters. The van der Waals surface area contributed by atoms with Gasteiger partial charge in [0.2, 0.25) is 0 Å². The number of hydrogen-bond acceptors (Lipinski definition) is 4. The lowest BCUT2D eigenvalue weighted by atomic mass is 10.2. The monoisotopic (exact) mass is 361 g/mol. The number of carboxylic acid groups (broad SMARTS) is 1. The summed E-state index contributed by atoms with van der Waals surface area (Å²) < 4.78 is 4.44.